The molecule has 0 N–H and O–H groups in total. The van der Waals surface area contributed by atoms with Gasteiger partial charge in [-0.3, -0.25) is 4.79 Å². The van der Waals surface area contributed by atoms with E-state index in [2.05, 4.69) is 18.0 Å². The summed E-state index contributed by atoms with van der Waals surface area (Å²) in [7, 11) is 0. The largest absolute Gasteiger partial charge is 0.466 e. The van der Waals surface area contributed by atoms with Crippen LogP contribution in [-0.4, -0.2) is 22.3 Å². The Morgan fingerprint density at radius 3 is 3.04 bits per heavy atom. The van der Waals surface area contributed by atoms with E-state index in [0.29, 0.717) is 18.8 Å². The number of nitrogens with zero attached hydrogens (tertiary/aromatic N) is 2. The number of amides is 1. The molecule has 4 rings (SSSR count). The predicted molar refractivity (Wildman–Crippen MR) is 94.0 cm³/mol. The Hall–Kier alpha value is -1.62. The van der Waals surface area contributed by atoms with Crippen molar-refractivity contribution in [3.05, 3.63) is 40.2 Å². The van der Waals surface area contributed by atoms with Gasteiger partial charge in [-0.15, -0.1) is 11.3 Å². The van der Waals surface area contributed by atoms with Crippen molar-refractivity contribution in [3.8, 4) is 0 Å². The van der Waals surface area contributed by atoms with Crippen molar-refractivity contribution in [2.75, 3.05) is 6.54 Å². The van der Waals surface area contributed by atoms with Gasteiger partial charge < -0.3 is 9.32 Å². The molecule has 1 aliphatic carbocycles. The molecule has 2 aliphatic rings. The number of aromatic nitrogens is 1. The van der Waals surface area contributed by atoms with E-state index in [4.69, 9.17) is 4.42 Å². The molecule has 2 fully saturated rings. The summed E-state index contributed by atoms with van der Waals surface area (Å²) >= 11 is 1.66. The summed E-state index contributed by atoms with van der Waals surface area (Å²) in [6.07, 6.45) is 7.59. The first kappa shape index (κ1) is 15.9. The zero-order chi connectivity index (χ0) is 16.5. The molecule has 5 heteroatoms. The van der Waals surface area contributed by atoms with Crippen LogP contribution >= 0.6 is 11.3 Å². The smallest absolute Gasteiger partial charge is 0.223 e. The van der Waals surface area contributed by atoms with Gasteiger partial charge in [-0.25, -0.2) is 4.98 Å². The molecule has 1 saturated heterocycles. The first-order chi connectivity index (χ1) is 11.7. The van der Waals surface area contributed by atoms with Crippen LogP contribution in [0.25, 0.3) is 0 Å². The standard InChI is InChI=1S/C19H24N2O2S/c1-13-12-15(13)17-7-5-14(23-17)6-8-18(22)21-10-3-2-4-16(21)19-20-9-11-24-19/h5,7,9,11,13,15-16H,2-4,6,8,10,12H2,1H3. The van der Waals surface area contributed by atoms with Crippen LogP contribution in [0.4, 0.5) is 0 Å². The first-order valence-corrected chi connectivity index (χ1v) is 9.88. The number of carbonyl (C=O) groups is 1. The molecule has 0 bridgehead atoms. The average molecular weight is 344 g/mol. The molecule has 1 aliphatic heterocycles. The Bertz CT molecular complexity index is 694. The molecule has 3 unspecified atom stereocenters. The van der Waals surface area contributed by atoms with Gasteiger partial charge >= 0.3 is 0 Å². The van der Waals surface area contributed by atoms with Crippen molar-refractivity contribution in [2.45, 2.75) is 57.4 Å². The van der Waals surface area contributed by atoms with E-state index in [1.54, 1.807) is 11.3 Å². The van der Waals surface area contributed by atoms with Gasteiger partial charge in [-0.05, 0) is 43.7 Å². The fraction of sp³-hybridized carbons (Fsp3) is 0.579. The van der Waals surface area contributed by atoms with Crippen molar-refractivity contribution < 1.29 is 9.21 Å². The van der Waals surface area contributed by atoms with Crippen molar-refractivity contribution in [1.82, 2.24) is 9.88 Å². The minimum Gasteiger partial charge on any atom is -0.466 e. The number of furan rings is 1. The molecule has 4 nitrogen and oxygen atoms in total. The molecule has 0 radical (unpaired) electrons. The highest BCUT2D eigenvalue weighted by Crippen LogP contribution is 2.47. The zero-order valence-electron chi connectivity index (χ0n) is 14.1. The SMILES string of the molecule is CC1CC1c1ccc(CCC(=O)N2CCCCC2c2nccs2)o1. The lowest BCUT2D eigenvalue weighted by Crippen LogP contribution is -2.38. The number of thiazole rings is 1. The number of aryl methyl sites for hydroxylation is 1. The Morgan fingerprint density at radius 1 is 1.42 bits per heavy atom. The van der Waals surface area contributed by atoms with E-state index in [1.165, 1.54) is 12.8 Å². The summed E-state index contributed by atoms with van der Waals surface area (Å²) in [5.41, 5.74) is 0. The van der Waals surface area contributed by atoms with Gasteiger partial charge in [0.05, 0.1) is 6.04 Å². The van der Waals surface area contributed by atoms with Gasteiger partial charge in [-0.1, -0.05) is 6.92 Å². The van der Waals surface area contributed by atoms with Crippen molar-refractivity contribution in [1.29, 1.82) is 0 Å². The number of rotatable bonds is 5. The second kappa shape index (κ2) is 6.71. The molecular formula is C19H24N2O2S. The third kappa shape index (κ3) is 3.27. The normalized spacial score (nSPS) is 26.5. The highest BCUT2D eigenvalue weighted by Gasteiger charge is 2.36. The molecule has 24 heavy (non-hydrogen) atoms. The lowest BCUT2D eigenvalue weighted by molar-refractivity contribution is -0.135. The summed E-state index contributed by atoms with van der Waals surface area (Å²) in [6.45, 7) is 3.11. The molecule has 3 atom stereocenters. The van der Waals surface area contributed by atoms with Crippen LogP contribution in [0.1, 0.15) is 67.5 Å². The lowest BCUT2D eigenvalue weighted by atomic mass is 10.0. The molecule has 128 valence electrons. The van der Waals surface area contributed by atoms with Crippen LogP contribution in [0.2, 0.25) is 0 Å². The maximum atomic E-state index is 12.7. The van der Waals surface area contributed by atoms with Gasteiger partial charge in [0.1, 0.15) is 16.5 Å². The van der Waals surface area contributed by atoms with E-state index in [0.717, 1.165) is 41.8 Å². The minimum atomic E-state index is 0.172. The Labute approximate surface area is 146 Å². The molecule has 3 heterocycles. The monoisotopic (exact) mass is 344 g/mol. The van der Waals surface area contributed by atoms with Crippen molar-refractivity contribution in [2.24, 2.45) is 5.92 Å². The van der Waals surface area contributed by atoms with Crippen LogP contribution in [0.3, 0.4) is 0 Å². The minimum absolute atomic E-state index is 0.172. The molecule has 0 aromatic carbocycles. The molecule has 0 spiro atoms. The summed E-state index contributed by atoms with van der Waals surface area (Å²) in [5, 5.41) is 3.07. The quantitative estimate of drug-likeness (QED) is 0.799. The van der Waals surface area contributed by atoms with Crippen molar-refractivity contribution >= 4 is 17.2 Å². The summed E-state index contributed by atoms with van der Waals surface area (Å²) in [4.78, 5) is 19.2. The summed E-state index contributed by atoms with van der Waals surface area (Å²) in [6, 6.07) is 4.31. The summed E-state index contributed by atoms with van der Waals surface area (Å²) < 4.78 is 5.93. The third-order valence-corrected chi connectivity index (χ3v) is 6.18. The van der Waals surface area contributed by atoms with E-state index in [9.17, 15) is 4.79 Å². The molecule has 2 aromatic heterocycles. The van der Waals surface area contributed by atoms with Crippen LogP contribution < -0.4 is 0 Å². The van der Waals surface area contributed by atoms with Crippen LogP contribution in [0, 0.1) is 5.92 Å². The molecule has 1 amide bonds. The fourth-order valence-electron chi connectivity index (χ4n) is 3.71. The second-order valence-electron chi connectivity index (χ2n) is 7.09. The topological polar surface area (TPSA) is 46.3 Å². The van der Waals surface area contributed by atoms with Crippen LogP contribution in [0.15, 0.2) is 28.1 Å². The first-order valence-electron chi connectivity index (χ1n) is 9.00. The van der Waals surface area contributed by atoms with E-state index >= 15 is 0 Å². The maximum absolute atomic E-state index is 12.7. The summed E-state index contributed by atoms with van der Waals surface area (Å²) in [5.74, 6) is 3.63. The Kier molecular flexibility index (Phi) is 4.44. The van der Waals surface area contributed by atoms with Gasteiger partial charge in [0.15, 0.2) is 0 Å². The van der Waals surface area contributed by atoms with Gasteiger partial charge in [0, 0.05) is 36.9 Å². The molecule has 1 saturated carbocycles. The fourth-order valence-corrected chi connectivity index (χ4v) is 4.49. The second-order valence-corrected chi connectivity index (χ2v) is 8.02. The average Bonchev–Trinajstić information content (AvgIpc) is 3.03. The van der Waals surface area contributed by atoms with Crippen LogP contribution in [-0.2, 0) is 11.2 Å². The van der Waals surface area contributed by atoms with Crippen LogP contribution in [0.5, 0.6) is 0 Å². The third-order valence-electron chi connectivity index (χ3n) is 5.30. The number of hydrogen-bond donors (Lipinski definition) is 0. The number of piperidine rings is 1. The Morgan fingerprint density at radius 2 is 2.29 bits per heavy atom. The number of likely N-dealkylation sites (tertiary alicyclic amines) is 1. The number of hydrogen-bond acceptors (Lipinski definition) is 4. The van der Waals surface area contributed by atoms with E-state index in [-0.39, 0.29) is 11.9 Å². The lowest BCUT2D eigenvalue weighted by Gasteiger charge is -2.34. The highest BCUT2D eigenvalue weighted by molar-refractivity contribution is 7.09. The number of carbonyl (C=O) groups excluding carboxylic acids is 1. The molecular weight excluding hydrogens is 320 g/mol. The highest BCUT2D eigenvalue weighted by atomic mass is 32.1. The molecule has 2 aromatic rings. The predicted octanol–water partition coefficient (Wildman–Crippen LogP) is 4.55. The van der Waals surface area contributed by atoms with E-state index < -0.39 is 0 Å². The van der Waals surface area contributed by atoms with E-state index in [1.807, 2.05) is 22.5 Å². The van der Waals surface area contributed by atoms with Gasteiger partial charge in [0.25, 0.3) is 0 Å². The van der Waals surface area contributed by atoms with Gasteiger partial charge in [0.2, 0.25) is 5.91 Å². The van der Waals surface area contributed by atoms with Gasteiger partial charge in [-0.2, -0.15) is 0 Å². The Balaban J connectivity index is 1.37. The maximum Gasteiger partial charge on any atom is 0.223 e. The zero-order valence-corrected chi connectivity index (χ0v) is 14.9. The van der Waals surface area contributed by atoms with Crippen molar-refractivity contribution in [3.63, 3.8) is 0 Å².